The van der Waals surface area contributed by atoms with Gasteiger partial charge >= 0.3 is 12.1 Å². The lowest BCUT2D eigenvalue weighted by molar-refractivity contribution is -0.137. The smallest absolute Gasteiger partial charge is 0.407 e. The van der Waals surface area contributed by atoms with Gasteiger partial charge in [0.05, 0.1) is 0 Å². The maximum Gasteiger partial charge on any atom is 0.407 e. The van der Waals surface area contributed by atoms with Crippen LogP contribution in [0.1, 0.15) is 81.3 Å². The molecule has 172 valence electrons. The van der Waals surface area contributed by atoms with Crippen LogP contribution in [-0.2, 0) is 9.53 Å². The van der Waals surface area contributed by atoms with E-state index in [1.54, 1.807) is 0 Å². The molecule has 3 rings (SSSR count). The third kappa shape index (κ3) is 7.11. The van der Waals surface area contributed by atoms with E-state index in [2.05, 4.69) is 29.6 Å². The summed E-state index contributed by atoms with van der Waals surface area (Å²) < 4.78 is 5.56. The summed E-state index contributed by atoms with van der Waals surface area (Å²) in [6.07, 6.45) is 9.68. The van der Waals surface area contributed by atoms with Crippen LogP contribution in [0.25, 0.3) is 11.1 Å². The van der Waals surface area contributed by atoms with Crippen LogP contribution in [0.2, 0.25) is 0 Å². The first kappa shape index (κ1) is 23.8. The number of unbranched alkanes of at least 4 members (excludes halogenated alkanes) is 8. The summed E-state index contributed by atoms with van der Waals surface area (Å²) in [4.78, 5) is 22.6. The maximum atomic E-state index is 12.2. The molecule has 0 fully saturated rings. The van der Waals surface area contributed by atoms with E-state index in [9.17, 15) is 9.59 Å². The number of fused-ring (bicyclic) bond motifs is 3. The highest BCUT2D eigenvalue weighted by molar-refractivity contribution is 5.79. The second-order valence-electron chi connectivity index (χ2n) is 8.58. The van der Waals surface area contributed by atoms with Gasteiger partial charge in [0.15, 0.2) is 0 Å². The van der Waals surface area contributed by atoms with Crippen molar-refractivity contribution in [2.75, 3.05) is 13.2 Å². The molecule has 2 aromatic rings. The first-order valence-corrected chi connectivity index (χ1v) is 12.0. The number of alkyl carbamates (subject to hydrolysis) is 1. The molecule has 1 amide bonds. The average Bonchev–Trinajstić information content (AvgIpc) is 3.12. The third-order valence-electron chi connectivity index (χ3n) is 6.18. The second kappa shape index (κ2) is 12.9. The highest BCUT2D eigenvalue weighted by Crippen LogP contribution is 2.44. The predicted octanol–water partition coefficient (Wildman–Crippen LogP) is 6.51. The number of carbonyl (C=O) groups excluding carboxylic acids is 1. The maximum absolute atomic E-state index is 12.2. The molecule has 5 heteroatoms. The Kier molecular flexibility index (Phi) is 9.60. The van der Waals surface area contributed by atoms with E-state index in [4.69, 9.17) is 9.84 Å². The van der Waals surface area contributed by atoms with Gasteiger partial charge in [-0.15, -0.1) is 0 Å². The number of amides is 1. The molecule has 0 heterocycles. The minimum Gasteiger partial charge on any atom is -0.481 e. The molecule has 0 spiro atoms. The van der Waals surface area contributed by atoms with Gasteiger partial charge in [-0.25, -0.2) is 4.79 Å². The summed E-state index contributed by atoms with van der Waals surface area (Å²) in [5, 5.41) is 11.5. The van der Waals surface area contributed by atoms with Crippen molar-refractivity contribution in [1.82, 2.24) is 5.32 Å². The quantitative estimate of drug-likeness (QED) is 0.330. The highest BCUT2D eigenvalue weighted by Gasteiger charge is 2.28. The molecule has 0 radical (unpaired) electrons. The number of carboxylic acid groups (broad SMARTS) is 1. The number of benzene rings is 2. The van der Waals surface area contributed by atoms with Crippen LogP contribution in [-0.4, -0.2) is 30.3 Å². The fraction of sp³-hybridized carbons (Fsp3) is 0.481. The number of carboxylic acids is 1. The fourth-order valence-electron chi connectivity index (χ4n) is 4.48. The Morgan fingerprint density at radius 2 is 1.25 bits per heavy atom. The minimum absolute atomic E-state index is 0.0947. The summed E-state index contributed by atoms with van der Waals surface area (Å²) in [5.41, 5.74) is 4.92. The minimum atomic E-state index is -0.698. The van der Waals surface area contributed by atoms with Crippen LogP contribution in [0.5, 0.6) is 0 Å². The van der Waals surface area contributed by atoms with Crippen LogP contribution >= 0.6 is 0 Å². The van der Waals surface area contributed by atoms with Gasteiger partial charge in [-0.3, -0.25) is 4.79 Å². The molecule has 0 saturated carbocycles. The zero-order valence-corrected chi connectivity index (χ0v) is 18.9. The van der Waals surface area contributed by atoms with E-state index in [1.165, 1.54) is 47.9 Å². The number of carbonyl (C=O) groups is 2. The largest absolute Gasteiger partial charge is 0.481 e. The Hall–Kier alpha value is -2.82. The van der Waals surface area contributed by atoms with E-state index in [1.807, 2.05) is 24.3 Å². The van der Waals surface area contributed by atoms with Crippen LogP contribution in [0.15, 0.2) is 48.5 Å². The summed E-state index contributed by atoms with van der Waals surface area (Å²) in [5.74, 6) is -0.603. The lowest BCUT2D eigenvalue weighted by Crippen LogP contribution is -2.27. The SMILES string of the molecule is O=C(O)CCCCCCCCCCCNC(=O)OCC1c2ccccc2-c2ccccc21. The topological polar surface area (TPSA) is 75.6 Å². The molecule has 0 saturated heterocycles. The summed E-state index contributed by atoms with van der Waals surface area (Å²) in [6.45, 7) is 0.998. The highest BCUT2D eigenvalue weighted by atomic mass is 16.5. The normalized spacial score (nSPS) is 12.2. The Labute approximate surface area is 191 Å². The van der Waals surface area contributed by atoms with Gasteiger partial charge in [0.25, 0.3) is 0 Å². The van der Waals surface area contributed by atoms with E-state index in [-0.39, 0.29) is 18.4 Å². The Morgan fingerprint density at radius 1 is 0.750 bits per heavy atom. The van der Waals surface area contributed by atoms with Crippen molar-refractivity contribution in [3.8, 4) is 11.1 Å². The standard InChI is InChI=1S/C27H35NO4/c29-26(30)18-8-6-4-2-1-3-5-7-13-19-28-27(31)32-20-25-23-16-11-9-14-21(23)22-15-10-12-17-24(22)25/h9-12,14-17,25H,1-8,13,18-20H2,(H,28,31)(H,29,30). The van der Waals surface area contributed by atoms with Gasteiger partial charge in [0.1, 0.15) is 6.61 Å². The number of aliphatic carboxylic acids is 1. The number of hydrogen-bond donors (Lipinski definition) is 2. The van der Waals surface area contributed by atoms with Gasteiger partial charge in [0, 0.05) is 18.9 Å². The Bertz CT molecular complexity index is 834. The molecule has 1 aliphatic carbocycles. The number of nitrogens with one attached hydrogen (secondary N) is 1. The van der Waals surface area contributed by atoms with Crippen LogP contribution in [0, 0.1) is 0 Å². The van der Waals surface area contributed by atoms with Gasteiger partial charge in [-0.05, 0) is 35.1 Å². The van der Waals surface area contributed by atoms with Crippen molar-refractivity contribution < 1.29 is 19.4 Å². The molecular weight excluding hydrogens is 402 g/mol. The Balaban J connectivity index is 1.24. The van der Waals surface area contributed by atoms with Crippen molar-refractivity contribution in [1.29, 1.82) is 0 Å². The zero-order valence-electron chi connectivity index (χ0n) is 18.9. The molecule has 0 aromatic heterocycles. The van der Waals surface area contributed by atoms with Crippen molar-refractivity contribution in [3.05, 3.63) is 59.7 Å². The Morgan fingerprint density at radius 3 is 1.81 bits per heavy atom. The summed E-state index contributed by atoms with van der Waals surface area (Å²) in [7, 11) is 0. The lowest BCUT2D eigenvalue weighted by atomic mass is 9.98. The number of hydrogen-bond acceptors (Lipinski definition) is 3. The van der Waals surface area contributed by atoms with Gasteiger partial charge in [-0.1, -0.05) is 93.5 Å². The van der Waals surface area contributed by atoms with E-state index in [0.717, 1.165) is 32.1 Å². The summed E-state index contributed by atoms with van der Waals surface area (Å²) in [6, 6.07) is 16.7. The molecular formula is C27H35NO4. The first-order valence-electron chi connectivity index (χ1n) is 12.0. The van der Waals surface area contributed by atoms with E-state index in [0.29, 0.717) is 13.2 Å². The van der Waals surface area contributed by atoms with Gasteiger partial charge in [-0.2, -0.15) is 0 Å². The van der Waals surface area contributed by atoms with Gasteiger partial charge < -0.3 is 15.2 Å². The first-order chi connectivity index (χ1) is 15.7. The van der Waals surface area contributed by atoms with Crippen LogP contribution in [0.3, 0.4) is 0 Å². The molecule has 5 nitrogen and oxygen atoms in total. The molecule has 0 unspecified atom stereocenters. The van der Waals surface area contributed by atoms with Crippen LogP contribution < -0.4 is 5.32 Å². The average molecular weight is 438 g/mol. The molecule has 0 atom stereocenters. The zero-order chi connectivity index (χ0) is 22.6. The van der Waals surface area contributed by atoms with E-state index >= 15 is 0 Å². The second-order valence-corrected chi connectivity index (χ2v) is 8.58. The molecule has 2 N–H and O–H groups in total. The van der Waals surface area contributed by atoms with Gasteiger partial charge in [0.2, 0.25) is 0 Å². The van der Waals surface area contributed by atoms with Crippen LogP contribution in [0.4, 0.5) is 4.79 Å². The lowest BCUT2D eigenvalue weighted by Gasteiger charge is -2.14. The molecule has 2 aromatic carbocycles. The molecule has 0 aliphatic heterocycles. The fourth-order valence-corrected chi connectivity index (χ4v) is 4.48. The monoisotopic (exact) mass is 437 g/mol. The van der Waals surface area contributed by atoms with E-state index < -0.39 is 5.97 Å². The molecule has 0 bridgehead atoms. The number of rotatable bonds is 14. The van der Waals surface area contributed by atoms with Crippen molar-refractivity contribution in [2.24, 2.45) is 0 Å². The predicted molar refractivity (Wildman–Crippen MR) is 127 cm³/mol. The molecule has 1 aliphatic rings. The van der Waals surface area contributed by atoms with Crippen molar-refractivity contribution in [2.45, 2.75) is 70.1 Å². The molecule has 32 heavy (non-hydrogen) atoms. The number of ether oxygens (including phenoxy) is 1. The van der Waals surface area contributed by atoms with Crippen molar-refractivity contribution in [3.63, 3.8) is 0 Å². The van der Waals surface area contributed by atoms with Crippen molar-refractivity contribution >= 4 is 12.1 Å². The third-order valence-corrected chi connectivity index (χ3v) is 6.18. The summed E-state index contributed by atoms with van der Waals surface area (Å²) >= 11 is 0.